The summed E-state index contributed by atoms with van der Waals surface area (Å²) in [6.07, 6.45) is 0.309. The highest BCUT2D eigenvalue weighted by Gasteiger charge is 2.21. The van der Waals surface area contributed by atoms with Crippen molar-refractivity contribution < 1.29 is 9.47 Å². The van der Waals surface area contributed by atoms with Crippen LogP contribution in [0.5, 0.6) is 0 Å². The number of alkyl halides is 1. The van der Waals surface area contributed by atoms with E-state index in [0.29, 0.717) is 12.0 Å². The smallest absolute Gasteiger partial charge is 0.0829 e. The molecule has 4 nitrogen and oxygen atoms in total. The van der Waals surface area contributed by atoms with Crippen LogP contribution in [0.2, 0.25) is 0 Å². The lowest BCUT2D eigenvalue weighted by atomic mass is 10.2. The zero-order chi connectivity index (χ0) is 12.5. The highest BCUT2D eigenvalue weighted by atomic mass is 35.5. The van der Waals surface area contributed by atoms with Crippen molar-refractivity contribution in [1.29, 1.82) is 0 Å². The predicted octanol–water partition coefficient (Wildman–Crippen LogP) is 0.894. The Morgan fingerprint density at radius 1 is 1.47 bits per heavy atom. The van der Waals surface area contributed by atoms with Crippen molar-refractivity contribution in [3.05, 3.63) is 0 Å². The van der Waals surface area contributed by atoms with Crippen LogP contribution in [-0.4, -0.2) is 81.4 Å². The summed E-state index contributed by atoms with van der Waals surface area (Å²) in [5, 5.41) is 0. The van der Waals surface area contributed by atoms with Gasteiger partial charge in [-0.15, -0.1) is 11.6 Å². The Balaban J connectivity index is 2.31. The van der Waals surface area contributed by atoms with Crippen molar-refractivity contribution in [3.8, 4) is 0 Å². The average molecular weight is 265 g/mol. The number of methoxy groups -OCH3 is 1. The summed E-state index contributed by atoms with van der Waals surface area (Å²) in [5.74, 6) is 0.661. The van der Waals surface area contributed by atoms with Crippen molar-refractivity contribution in [1.82, 2.24) is 9.80 Å². The van der Waals surface area contributed by atoms with Gasteiger partial charge in [0, 0.05) is 45.7 Å². The minimum absolute atomic E-state index is 0.309. The van der Waals surface area contributed by atoms with Crippen LogP contribution in [0.25, 0.3) is 0 Å². The SMILES string of the molecule is CCN1CCOC(CN(CCCl)CCOC)C1. The molecule has 1 rings (SSSR count). The summed E-state index contributed by atoms with van der Waals surface area (Å²) in [6, 6.07) is 0. The highest BCUT2D eigenvalue weighted by Crippen LogP contribution is 2.07. The molecule has 0 spiro atoms. The van der Waals surface area contributed by atoms with Crippen LogP contribution in [0.3, 0.4) is 0 Å². The topological polar surface area (TPSA) is 24.9 Å². The molecule has 1 atom stereocenters. The molecule has 0 aromatic carbocycles. The second-order valence-electron chi connectivity index (χ2n) is 4.37. The monoisotopic (exact) mass is 264 g/mol. The molecule has 0 aliphatic carbocycles. The average Bonchev–Trinajstić information content (AvgIpc) is 2.36. The minimum Gasteiger partial charge on any atom is -0.383 e. The molecule has 1 heterocycles. The Kier molecular flexibility index (Phi) is 8.14. The maximum absolute atomic E-state index is 5.82. The van der Waals surface area contributed by atoms with Gasteiger partial charge >= 0.3 is 0 Å². The molecule has 1 aliphatic rings. The molecule has 1 fully saturated rings. The van der Waals surface area contributed by atoms with E-state index in [1.165, 1.54) is 0 Å². The summed E-state index contributed by atoms with van der Waals surface area (Å²) in [6.45, 7) is 9.76. The molecule has 17 heavy (non-hydrogen) atoms. The molecule has 1 unspecified atom stereocenters. The second-order valence-corrected chi connectivity index (χ2v) is 4.75. The summed E-state index contributed by atoms with van der Waals surface area (Å²) in [4.78, 5) is 4.75. The maximum atomic E-state index is 5.82. The number of hydrogen-bond donors (Lipinski definition) is 0. The summed E-state index contributed by atoms with van der Waals surface area (Å²) < 4.78 is 10.9. The first-order valence-electron chi connectivity index (χ1n) is 6.41. The van der Waals surface area contributed by atoms with E-state index < -0.39 is 0 Å². The van der Waals surface area contributed by atoms with Crippen molar-refractivity contribution in [2.75, 3.05) is 65.5 Å². The fourth-order valence-corrected chi connectivity index (χ4v) is 2.34. The quantitative estimate of drug-likeness (QED) is 0.608. The van der Waals surface area contributed by atoms with E-state index in [1.54, 1.807) is 7.11 Å². The lowest BCUT2D eigenvalue weighted by molar-refractivity contribution is -0.0429. The number of ether oxygens (including phenoxy) is 2. The number of hydrogen-bond acceptors (Lipinski definition) is 4. The number of morpholine rings is 1. The van der Waals surface area contributed by atoms with E-state index >= 15 is 0 Å². The van der Waals surface area contributed by atoms with Crippen LogP contribution in [0.1, 0.15) is 6.92 Å². The normalized spacial score (nSPS) is 22.2. The van der Waals surface area contributed by atoms with Crippen LogP contribution >= 0.6 is 11.6 Å². The van der Waals surface area contributed by atoms with Crippen molar-refractivity contribution in [2.45, 2.75) is 13.0 Å². The minimum atomic E-state index is 0.309. The van der Waals surface area contributed by atoms with Crippen molar-refractivity contribution in [2.24, 2.45) is 0 Å². The van der Waals surface area contributed by atoms with Gasteiger partial charge in [0.15, 0.2) is 0 Å². The molecular weight excluding hydrogens is 240 g/mol. The first-order valence-corrected chi connectivity index (χ1v) is 6.94. The van der Waals surface area contributed by atoms with E-state index in [0.717, 1.165) is 52.5 Å². The first kappa shape index (κ1) is 15.2. The zero-order valence-corrected chi connectivity index (χ0v) is 11.8. The lowest BCUT2D eigenvalue weighted by Crippen LogP contribution is -2.48. The molecule has 0 amide bonds. The maximum Gasteiger partial charge on any atom is 0.0829 e. The van der Waals surface area contributed by atoms with Gasteiger partial charge in [0.2, 0.25) is 0 Å². The summed E-state index contributed by atoms with van der Waals surface area (Å²) in [7, 11) is 1.73. The van der Waals surface area contributed by atoms with Gasteiger partial charge in [-0.2, -0.15) is 0 Å². The van der Waals surface area contributed by atoms with Gasteiger partial charge in [0.05, 0.1) is 19.3 Å². The Morgan fingerprint density at radius 2 is 2.29 bits per heavy atom. The van der Waals surface area contributed by atoms with Crippen molar-refractivity contribution in [3.63, 3.8) is 0 Å². The third-order valence-corrected chi connectivity index (χ3v) is 3.31. The van der Waals surface area contributed by atoms with Gasteiger partial charge in [-0.25, -0.2) is 0 Å². The molecule has 0 bridgehead atoms. The largest absolute Gasteiger partial charge is 0.383 e. The fraction of sp³-hybridized carbons (Fsp3) is 1.00. The van der Waals surface area contributed by atoms with Gasteiger partial charge in [-0.1, -0.05) is 6.92 Å². The molecule has 0 aromatic rings. The van der Waals surface area contributed by atoms with Crippen LogP contribution in [-0.2, 0) is 9.47 Å². The van der Waals surface area contributed by atoms with Gasteiger partial charge in [-0.05, 0) is 6.54 Å². The molecule has 1 saturated heterocycles. The van der Waals surface area contributed by atoms with Gasteiger partial charge in [0.25, 0.3) is 0 Å². The van der Waals surface area contributed by atoms with Crippen LogP contribution in [0.4, 0.5) is 0 Å². The molecule has 0 N–H and O–H groups in total. The van der Waals surface area contributed by atoms with Gasteiger partial charge in [0.1, 0.15) is 0 Å². The van der Waals surface area contributed by atoms with Gasteiger partial charge < -0.3 is 9.47 Å². The van der Waals surface area contributed by atoms with Crippen LogP contribution < -0.4 is 0 Å². The van der Waals surface area contributed by atoms with E-state index in [1.807, 2.05) is 0 Å². The number of rotatable bonds is 8. The Hall–Kier alpha value is 0.130. The van der Waals surface area contributed by atoms with Crippen molar-refractivity contribution >= 4 is 11.6 Å². The van der Waals surface area contributed by atoms with Crippen LogP contribution in [0.15, 0.2) is 0 Å². The van der Waals surface area contributed by atoms with E-state index in [2.05, 4.69) is 16.7 Å². The fourth-order valence-electron chi connectivity index (χ4n) is 2.10. The van der Waals surface area contributed by atoms with E-state index in [4.69, 9.17) is 21.1 Å². The molecule has 0 aromatic heterocycles. The molecule has 102 valence electrons. The van der Waals surface area contributed by atoms with E-state index in [9.17, 15) is 0 Å². The molecule has 5 heteroatoms. The predicted molar refractivity (Wildman–Crippen MR) is 70.9 cm³/mol. The third kappa shape index (κ3) is 6.02. The van der Waals surface area contributed by atoms with Gasteiger partial charge in [-0.3, -0.25) is 9.80 Å². The number of likely N-dealkylation sites (N-methyl/N-ethyl adjacent to an activating group) is 1. The summed E-state index contributed by atoms with van der Waals surface area (Å²) >= 11 is 5.82. The number of nitrogens with zero attached hydrogens (tertiary/aromatic N) is 2. The highest BCUT2D eigenvalue weighted by molar-refractivity contribution is 6.18. The lowest BCUT2D eigenvalue weighted by Gasteiger charge is -2.35. The molecule has 0 saturated carbocycles. The number of halogens is 1. The molecule has 0 radical (unpaired) electrons. The first-order chi connectivity index (χ1) is 8.30. The molecule has 1 aliphatic heterocycles. The Labute approximate surface area is 110 Å². The zero-order valence-electron chi connectivity index (χ0n) is 11.0. The Bertz CT molecular complexity index is 193. The summed E-state index contributed by atoms with van der Waals surface area (Å²) in [5.41, 5.74) is 0. The standard InChI is InChI=1S/C12H25ClN2O2/c1-3-14-7-9-17-12(10-14)11-15(5-4-13)6-8-16-2/h12H,3-11H2,1-2H3. The second kappa shape index (κ2) is 9.11. The van der Waals surface area contributed by atoms with Crippen LogP contribution in [0, 0.1) is 0 Å². The van der Waals surface area contributed by atoms with E-state index in [-0.39, 0.29) is 0 Å². The third-order valence-electron chi connectivity index (χ3n) is 3.14. The molecular formula is C12H25ClN2O2. The Morgan fingerprint density at radius 3 is 2.94 bits per heavy atom.